The van der Waals surface area contributed by atoms with Gasteiger partial charge in [-0.1, -0.05) is 45.2 Å². The Morgan fingerprint density at radius 2 is 1.95 bits per heavy atom. The second-order valence-corrected chi connectivity index (χ2v) is 6.16. The van der Waals surface area contributed by atoms with Crippen molar-refractivity contribution in [3.63, 3.8) is 0 Å². The average molecular weight is 391 g/mol. The van der Waals surface area contributed by atoms with E-state index in [2.05, 4.69) is 21.2 Å². The van der Waals surface area contributed by atoms with E-state index in [-0.39, 0.29) is 6.61 Å². The maximum absolute atomic E-state index is 9.91. The molecule has 2 rings (SSSR count). The molecule has 0 heterocycles. The van der Waals surface area contributed by atoms with E-state index in [0.717, 1.165) is 10.2 Å². The molecule has 0 saturated heterocycles. The molecule has 112 valence electrons. The molecule has 0 bridgehead atoms. The number of nitrogens with one attached hydrogen (secondary N) is 1. The maximum Gasteiger partial charge on any atom is 0.120 e. The minimum atomic E-state index is -0.640. The zero-order valence-electron chi connectivity index (χ0n) is 11.0. The highest BCUT2D eigenvalue weighted by atomic mass is 79.9. The van der Waals surface area contributed by atoms with Crippen LogP contribution in [0, 0.1) is 0 Å². The molecule has 2 aromatic carbocycles. The molecule has 0 spiro atoms. The summed E-state index contributed by atoms with van der Waals surface area (Å²) in [7, 11) is 0. The molecule has 2 N–H and O–H groups in total. The van der Waals surface area contributed by atoms with Crippen molar-refractivity contribution >= 4 is 44.8 Å². The van der Waals surface area contributed by atoms with Gasteiger partial charge >= 0.3 is 0 Å². The van der Waals surface area contributed by atoms with E-state index in [9.17, 15) is 5.11 Å². The van der Waals surface area contributed by atoms with Crippen molar-refractivity contribution < 1.29 is 9.84 Å². The van der Waals surface area contributed by atoms with Gasteiger partial charge in [-0.15, -0.1) is 0 Å². The topological polar surface area (TPSA) is 41.5 Å². The maximum atomic E-state index is 9.91. The predicted octanol–water partition coefficient (Wildman–Crippen LogP) is 4.61. The second kappa shape index (κ2) is 7.90. The summed E-state index contributed by atoms with van der Waals surface area (Å²) in [5.41, 5.74) is 0.797. The largest absolute Gasteiger partial charge is 0.491 e. The number of rotatable bonds is 6. The van der Waals surface area contributed by atoms with Gasteiger partial charge in [0.2, 0.25) is 0 Å². The van der Waals surface area contributed by atoms with Crippen LogP contribution in [-0.4, -0.2) is 24.4 Å². The van der Waals surface area contributed by atoms with Gasteiger partial charge in [-0.25, -0.2) is 0 Å². The SMILES string of the molecule is OC(CNc1ccc(Cl)c(Cl)c1)COc1cccc(Br)c1. The molecule has 0 aliphatic carbocycles. The minimum Gasteiger partial charge on any atom is -0.491 e. The molecule has 0 saturated carbocycles. The molecule has 1 unspecified atom stereocenters. The summed E-state index contributed by atoms with van der Waals surface area (Å²) in [6, 6.07) is 12.7. The van der Waals surface area contributed by atoms with Crippen LogP contribution in [0.25, 0.3) is 0 Å². The number of benzene rings is 2. The Labute approximate surface area is 142 Å². The number of halogens is 3. The van der Waals surface area contributed by atoms with Crippen LogP contribution in [0.4, 0.5) is 5.69 Å². The number of aliphatic hydroxyl groups is 1. The van der Waals surface area contributed by atoms with Gasteiger partial charge in [0.25, 0.3) is 0 Å². The highest BCUT2D eigenvalue weighted by Gasteiger charge is 2.06. The van der Waals surface area contributed by atoms with Crippen molar-refractivity contribution in [1.29, 1.82) is 0 Å². The van der Waals surface area contributed by atoms with Crippen molar-refractivity contribution in [1.82, 2.24) is 0 Å². The first kappa shape index (κ1) is 16.4. The minimum absolute atomic E-state index is 0.199. The van der Waals surface area contributed by atoms with E-state index >= 15 is 0 Å². The molecule has 0 fully saturated rings. The first-order valence-corrected chi connectivity index (χ1v) is 7.85. The van der Waals surface area contributed by atoms with Gasteiger partial charge in [0.15, 0.2) is 0 Å². The van der Waals surface area contributed by atoms with Crippen LogP contribution in [-0.2, 0) is 0 Å². The van der Waals surface area contributed by atoms with Crippen LogP contribution in [0.1, 0.15) is 0 Å². The zero-order valence-corrected chi connectivity index (χ0v) is 14.1. The Morgan fingerprint density at radius 1 is 1.14 bits per heavy atom. The van der Waals surface area contributed by atoms with E-state index in [4.69, 9.17) is 27.9 Å². The standard InChI is InChI=1S/C15H14BrCl2NO2/c16-10-2-1-3-13(6-10)21-9-12(20)8-19-11-4-5-14(17)15(18)7-11/h1-7,12,19-20H,8-9H2. The van der Waals surface area contributed by atoms with Crippen LogP contribution < -0.4 is 10.1 Å². The lowest BCUT2D eigenvalue weighted by Crippen LogP contribution is -2.26. The van der Waals surface area contributed by atoms with E-state index in [0.29, 0.717) is 22.3 Å². The molecule has 0 amide bonds. The van der Waals surface area contributed by atoms with Crippen LogP contribution in [0.3, 0.4) is 0 Å². The highest BCUT2D eigenvalue weighted by molar-refractivity contribution is 9.10. The number of aliphatic hydroxyl groups excluding tert-OH is 1. The van der Waals surface area contributed by atoms with Gasteiger partial charge in [0.05, 0.1) is 10.0 Å². The lowest BCUT2D eigenvalue weighted by Gasteiger charge is -2.14. The molecule has 21 heavy (non-hydrogen) atoms. The summed E-state index contributed by atoms with van der Waals surface area (Å²) in [4.78, 5) is 0. The van der Waals surface area contributed by atoms with Gasteiger partial charge in [0.1, 0.15) is 18.5 Å². The van der Waals surface area contributed by atoms with Crippen molar-refractivity contribution in [2.75, 3.05) is 18.5 Å². The van der Waals surface area contributed by atoms with Crippen molar-refractivity contribution in [3.05, 3.63) is 57.0 Å². The fourth-order valence-electron chi connectivity index (χ4n) is 1.65. The van der Waals surface area contributed by atoms with Crippen LogP contribution in [0.15, 0.2) is 46.9 Å². The summed E-state index contributed by atoms with van der Waals surface area (Å²) in [5, 5.41) is 14.0. The molecule has 1 atom stereocenters. The molecule has 0 radical (unpaired) electrons. The van der Waals surface area contributed by atoms with E-state index in [1.165, 1.54) is 0 Å². The number of anilines is 1. The Kier molecular flexibility index (Phi) is 6.18. The van der Waals surface area contributed by atoms with Gasteiger partial charge in [-0.2, -0.15) is 0 Å². The highest BCUT2D eigenvalue weighted by Crippen LogP contribution is 2.25. The molecule has 0 aliphatic heterocycles. The fourth-order valence-corrected chi connectivity index (χ4v) is 2.33. The summed E-state index contributed by atoms with van der Waals surface area (Å²) in [6.45, 7) is 0.552. The molecule has 6 heteroatoms. The Bertz CT molecular complexity index is 610. The van der Waals surface area contributed by atoms with Crippen LogP contribution in [0.5, 0.6) is 5.75 Å². The summed E-state index contributed by atoms with van der Waals surface area (Å²) in [6.07, 6.45) is -0.640. The quantitative estimate of drug-likeness (QED) is 0.756. The first-order valence-electron chi connectivity index (χ1n) is 6.30. The summed E-state index contributed by atoms with van der Waals surface area (Å²) in [5.74, 6) is 0.706. The first-order chi connectivity index (χ1) is 10.0. The Morgan fingerprint density at radius 3 is 2.67 bits per heavy atom. The van der Waals surface area contributed by atoms with Gasteiger partial charge in [-0.05, 0) is 36.4 Å². The monoisotopic (exact) mass is 389 g/mol. The van der Waals surface area contributed by atoms with Gasteiger partial charge < -0.3 is 15.2 Å². The van der Waals surface area contributed by atoms with Crippen LogP contribution in [0.2, 0.25) is 10.0 Å². The van der Waals surface area contributed by atoms with Crippen LogP contribution >= 0.6 is 39.1 Å². The predicted molar refractivity (Wildman–Crippen MR) is 90.6 cm³/mol. The third-order valence-corrected chi connectivity index (χ3v) is 3.93. The fraction of sp³-hybridized carbons (Fsp3) is 0.200. The van der Waals surface area contributed by atoms with Crippen molar-refractivity contribution in [3.8, 4) is 5.75 Å². The van der Waals surface area contributed by atoms with Crippen molar-refractivity contribution in [2.45, 2.75) is 6.10 Å². The number of hydrogen-bond acceptors (Lipinski definition) is 3. The smallest absolute Gasteiger partial charge is 0.120 e. The third-order valence-electron chi connectivity index (χ3n) is 2.70. The Hall–Kier alpha value is -0.940. The lowest BCUT2D eigenvalue weighted by atomic mass is 10.3. The normalized spacial score (nSPS) is 12.0. The van der Waals surface area contributed by atoms with Crippen molar-refractivity contribution in [2.24, 2.45) is 0 Å². The summed E-state index contributed by atoms with van der Waals surface area (Å²) >= 11 is 15.1. The number of ether oxygens (including phenoxy) is 1. The van der Waals surface area contributed by atoms with E-state index < -0.39 is 6.10 Å². The summed E-state index contributed by atoms with van der Waals surface area (Å²) < 4.78 is 6.45. The lowest BCUT2D eigenvalue weighted by molar-refractivity contribution is 0.117. The second-order valence-electron chi connectivity index (χ2n) is 4.43. The molecule has 3 nitrogen and oxygen atoms in total. The molecule has 0 aromatic heterocycles. The average Bonchev–Trinajstić information content (AvgIpc) is 2.46. The number of hydrogen-bond donors (Lipinski definition) is 2. The zero-order chi connectivity index (χ0) is 15.2. The molecular weight excluding hydrogens is 377 g/mol. The molecular formula is C15H14BrCl2NO2. The van der Waals surface area contributed by atoms with E-state index in [1.807, 2.05) is 24.3 Å². The van der Waals surface area contributed by atoms with Gasteiger partial charge in [-0.3, -0.25) is 0 Å². The molecule has 0 aliphatic rings. The molecule has 2 aromatic rings. The van der Waals surface area contributed by atoms with E-state index in [1.54, 1.807) is 18.2 Å². The van der Waals surface area contributed by atoms with Gasteiger partial charge in [0, 0.05) is 16.7 Å². The Balaban J connectivity index is 1.79. The third kappa shape index (κ3) is 5.40.